The van der Waals surface area contributed by atoms with E-state index in [0.29, 0.717) is 6.54 Å². The number of anilines is 1. The van der Waals surface area contributed by atoms with E-state index in [1.165, 1.54) is 23.2 Å². The molecule has 0 spiro atoms. The number of amides is 2. The molecule has 2 aliphatic heterocycles. The largest absolute Gasteiger partial charge is 0.374 e. The lowest BCUT2D eigenvalue weighted by atomic mass is 9.95. The van der Waals surface area contributed by atoms with Gasteiger partial charge in [-0.3, -0.25) is 4.90 Å². The summed E-state index contributed by atoms with van der Waals surface area (Å²) in [6, 6.07) is 7.01. The maximum atomic E-state index is 12.3. The van der Waals surface area contributed by atoms with Crippen LogP contribution in [-0.2, 0) is 6.42 Å². The van der Waals surface area contributed by atoms with Gasteiger partial charge in [0.2, 0.25) is 0 Å². The zero-order valence-corrected chi connectivity index (χ0v) is 18.2. The van der Waals surface area contributed by atoms with Crippen molar-refractivity contribution in [3.8, 4) is 0 Å². The van der Waals surface area contributed by atoms with Gasteiger partial charge in [0, 0.05) is 57.5 Å². The summed E-state index contributed by atoms with van der Waals surface area (Å²) < 4.78 is 0. The number of nitrogens with zero attached hydrogens (tertiary/aromatic N) is 3. The van der Waals surface area contributed by atoms with Crippen LogP contribution in [0, 0.1) is 0 Å². The molecule has 0 bridgehead atoms. The fourth-order valence-electron chi connectivity index (χ4n) is 4.18. The molecule has 2 amide bonds. The second-order valence-corrected chi connectivity index (χ2v) is 9.35. The summed E-state index contributed by atoms with van der Waals surface area (Å²) in [6.07, 6.45) is 2.35. The normalized spacial score (nSPS) is 19.8. The van der Waals surface area contributed by atoms with E-state index in [0.717, 1.165) is 39.1 Å². The van der Waals surface area contributed by atoms with E-state index in [4.69, 9.17) is 0 Å². The van der Waals surface area contributed by atoms with Crippen molar-refractivity contribution in [2.75, 3.05) is 58.3 Å². The van der Waals surface area contributed by atoms with Crippen LogP contribution in [0.4, 0.5) is 10.5 Å². The summed E-state index contributed by atoms with van der Waals surface area (Å²) in [5.41, 5.74) is 3.87. The number of benzene rings is 1. The third kappa shape index (κ3) is 5.39. The van der Waals surface area contributed by atoms with E-state index < -0.39 is 0 Å². The number of urea groups is 1. The number of likely N-dealkylation sites (N-methyl/N-ethyl adjacent to an activating group) is 1. The third-order valence-electron chi connectivity index (χ3n) is 5.76. The standard InChI is InChI=1S/C22H37N5O/c1-22(2,3)24-21(28)23-16-20(27-13-11-25(4)12-14-27)18-8-9-19-17(15-18)7-6-10-26(19)5/h8-9,15,20H,6-7,10-14,16H2,1-5H3,(H2,23,24,28). The molecule has 1 unspecified atom stereocenters. The first-order valence-corrected chi connectivity index (χ1v) is 10.6. The average molecular weight is 388 g/mol. The Labute approximate surface area is 170 Å². The van der Waals surface area contributed by atoms with E-state index in [2.05, 4.69) is 57.6 Å². The maximum Gasteiger partial charge on any atom is 0.315 e. The van der Waals surface area contributed by atoms with Crippen LogP contribution in [0.3, 0.4) is 0 Å². The number of aryl methyl sites for hydroxylation is 1. The number of hydrogen-bond donors (Lipinski definition) is 2. The van der Waals surface area contributed by atoms with Crippen molar-refractivity contribution < 1.29 is 4.79 Å². The van der Waals surface area contributed by atoms with Crippen molar-refractivity contribution in [3.63, 3.8) is 0 Å². The Morgan fingerprint density at radius 1 is 1.11 bits per heavy atom. The van der Waals surface area contributed by atoms with Gasteiger partial charge in [0.1, 0.15) is 0 Å². The van der Waals surface area contributed by atoms with Crippen LogP contribution < -0.4 is 15.5 Å². The van der Waals surface area contributed by atoms with E-state index in [9.17, 15) is 4.79 Å². The first-order valence-electron chi connectivity index (χ1n) is 10.6. The predicted octanol–water partition coefficient (Wildman–Crippen LogP) is 2.46. The summed E-state index contributed by atoms with van der Waals surface area (Å²) in [7, 11) is 4.35. The van der Waals surface area contributed by atoms with Gasteiger partial charge in [-0.05, 0) is 57.9 Å². The molecule has 1 atom stereocenters. The van der Waals surface area contributed by atoms with Crippen molar-refractivity contribution in [1.29, 1.82) is 0 Å². The molecule has 0 aliphatic carbocycles. The van der Waals surface area contributed by atoms with Gasteiger partial charge in [0.25, 0.3) is 0 Å². The molecule has 2 N–H and O–H groups in total. The zero-order valence-electron chi connectivity index (χ0n) is 18.2. The van der Waals surface area contributed by atoms with Crippen LogP contribution >= 0.6 is 0 Å². The lowest BCUT2D eigenvalue weighted by Gasteiger charge is -2.39. The average Bonchev–Trinajstić information content (AvgIpc) is 2.62. The highest BCUT2D eigenvalue weighted by Gasteiger charge is 2.26. The summed E-state index contributed by atoms with van der Waals surface area (Å²) in [6.45, 7) is 12.0. The van der Waals surface area contributed by atoms with Crippen LogP contribution in [-0.4, -0.2) is 74.7 Å². The van der Waals surface area contributed by atoms with Crippen molar-refractivity contribution in [2.45, 2.75) is 45.2 Å². The third-order valence-corrected chi connectivity index (χ3v) is 5.76. The monoisotopic (exact) mass is 387 g/mol. The van der Waals surface area contributed by atoms with Gasteiger partial charge < -0.3 is 20.4 Å². The molecule has 2 heterocycles. The molecule has 1 aromatic carbocycles. The Morgan fingerprint density at radius 3 is 2.50 bits per heavy atom. The second kappa shape index (κ2) is 8.70. The first-order chi connectivity index (χ1) is 13.2. The highest BCUT2D eigenvalue weighted by Crippen LogP contribution is 2.31. The lowest BCUT2D eigenvalue weighted by molar-refractivity contribution is 0.111. The number of carbonyl (C=O) groups excluding carboxylic acids is 1. The van der Waals surface area contributed by atoms with E-state index in [-0.39, 0.29) is 17.6 Å². The second-order valence-electron chi connectivity index (χ2n) is 9.35. The van der Waals surface area contributed by atoms with Crippen molar-refractivity contribution in [2.24, 2.45) is 0 Å². The maximum absolute atomic E-state index is 12.3. The van der Waals surface area contributed by atoms with Crippen LogP contribution in [0.15, 0.2) is 18.2 Å². The number of nitrogens with one attached hydrogen (secondary N) is 2. The summed E-state index contributed by atoms with van der Waals surface area (Å²) >= 11 is 0. The van der Waals surface area contributed by atoms with E-state index >= 15 is 0 Å². The van der Waals surface area contributed by atoms with Crippen molar-refractivity contribution >= 4 is 11.7 Å². The molecule has 6 heteroatoms. The molecule has 1 aromatic rings. The number of rotatable bonds is 4. The molecule has 156 valence electrons. The molecule has 3 rings (SSSR count). The van der Waals surface area contributed by atoms with Gasteiger partial charge in [-0.15, -0.1) is 0 Å². The molecule has 0 saturated carbocycles. The summed E-state index contributed by atoms with van der Waals surface area (Å²) in [5, 5.41) is 6.13. The van der Waals surface area contributed by atoms with Crippen LogP contribution in [0.5, 0.6) is 0 Å². The van der Waals surface area contributed by atoms with Crippen LogP contribution in [0.1, 0.15) is 44.4 Å². The quantitative estimate of drug-likeness (QED) is 0.833. The molecule has 2 aliphatic rings. The minimum absolute atomic E-state index is 0.0932. The van der Waals surface area contributed by atoms with Gasteiger partial charge in [-0.1, -0.05) is 12.1 Å². The lowest BCUT2D eigenvalue weighted by Crippen LogP contribution is -2.51. The smallest absolute Gasteiger partial charge is 0.315 e. The van der Waals surface area contributed by atoms with Gasteiger partial charge >= 0.3 is 6.03 Å². The Morgan fingerprint density at radius 2 is 1.82 bits per heavy atom. The molecular formula is C22H37N5O. The number of piperazine rings is 1. The minimum atomic E-state index is -0.232. The van der Waals surface area contributed by atoms with Crippen molar-refractivity contribution in [3.05, 3.63) is 29.3 Å². The first kappa shape index (κ1) is 20.9. The number of hydrogen-bond acceptors (Lipinski definition) is 4. The highest BCUT2D eigenvalue weighted by atomic mass is 16.2. The summed E-state index contributed by atoms with van der Waals surface area (Å²) in [5.74, 6) is 0. The zero-order chi connectivity index (χ0) is 20.3. The van der Waals surface area contributed by atoms with Crippen LogP contribution in [0.25, 0.3) is 0 Å². The SMILES string of the molecule is CN1CCN(C(CNC(=O)NC(C)(C)C)c2ccc3c(c2)CCCN3C)CC1. The van der Waals surface area contributed by atoms with E-state index in [1.807, 2.05) is 20.8 Å². The Bertz CT molecular complexity index is 676. The highest BCUT2D eigenvalue weighted by molar-refractivity contribution is 5.74. The van der Waals surface area contributed by atoms with Gasteiger partial charge in [-0.25, -0.2) is 4.79 Å². The predicted molar refractivity (Wildman–Crippen MR) is 116 cm³/mol. The molecule has 1 fully saturated rings. The topological polar surface area (TPSA) is 50.9 Å². The molecule has 6 nitrogen and oxygen atoms in total. The molecular weight excluding hydrogens is 350 g/mol. The Kier molecular flexibility index (Phi) is 6.50. The van der Waals surface area contributed by atoms with Gasteiger partial charge in [-0.2, -0.15) is 0 Å². The molecule has 1 saturated heterocycles. The molecule has 0 aromatic heterocycles. The number of fused-ring (bicyclic) bond motifs is 1. The number of carbonyl (C=O) groups is 1. The molecule has 28 heavy (non-hydrogen) atoms. The van der Waals surface area contributed by atoms with Gasteiger partial charge in [0.15, 0.2) is 0 Å². The Hall–Kier alpha value is -1.79. The fourth-order valence-corrected chi connectivity index (χ4v) is 4.18. The minimum Gasteiger partial charge on any atom is -0.374 e. The van der Waals surface area contributed by atoms with E-state index in [1.54, 1.807) is 0 Å². The van der Waals surface area contributed by atoms with Gasteiger partial charge in [0.05, 0.1) is 6.04 Å². The van der Waals surface area contributed by atoms with Crippen LogP contribution in [0.2, 0.25) is 0 Å². The van der Waals surface area contributed by atoms with Crippen molar-refractivity contribution in [1.82, 2.24) is 20.4 Å². The fraction of sp³-hybridized carbons (Fsp3) is 0.682. The summed E-state index contributed by atoms with van der Waals surface area (Å²) in [4.78, 5) is 19.6. The Balaban J connectivity index is 1.77. The molecule has 0 radical (unpaired) electrons.